The normalized spacial score (nSPS) is 10.8. The SMILES string of the molecule is COc1ccc2c(Cl)nc(-c3ccc(C)cc3)nc2c1. The first-order chi connectivity index (χ1) is 9.67. The molecule has 0 spiro atoms. The fourth-order valence-electron chi connectivity index (χ4n) is 2.03. The Hall–Kier alpha value is -2.13. The van der Waals surface area contributed by atoms with Gasteiger partial charge in [-0.05, 0) is 19.1 Å². The van der Waals surface area contributed by atoms with E-state index in [0.29, 0.717) is 11.0 Å². The maximum atomic E-state index is 6.25. The van der Waals surface area contributed by atoms with Crippen LogP contribution in [0.5, 0.6) is 5.75 Å². The monoisotopic (exact) mass is 284 g/mol. The zero-order chi connectivity index (χ0) is 14.1. The van der Waals surface area contributed by atoms with Crippen LogP contribution in [0.25, 0.3) is 22.3 Å². The van der Waals surface area contributed by atoms with Crippen LogP contribution in [0.1, 0.15) is 5.56 Å². The van der Waals surface area contributed by atoms with Gasteiger partial charge in [-0.25, -0.2) is 9.97 Å². The summed E-state index contributed by atoms with van der Waals surface area (Å²) in [7, 11) is 1.63. The van der Waals surface area contributed by atoms with Crippen molar-refractivity contribution in [2.75, 3.05) is 7.11 Å². The fraction of sp³-hybridized carbons (Fsp3) is 0.125. The van der Waals surface area contributed by atoms with Crippen LogP contribution < -0.4 is 4.74 Å². The van der Waals surface area contributed by atoms with Gasteiger partial charge < -0.3 is 4.74 Å². The molecule has 3 aromatic rings. The second-order valence-electron chi connectivity index (χ2n) is 4.59. The van der Waals surface area contributed by atoms with Gasteiger partial charge in [-0.2, -0.15) is 0 Å². The Morgan fingerprint density at radius 1 is 1.00 bits per heavy atom. The Labute approximate surface area is 122 Å². The Balaban J connectivity index is 2.19. The highest BCUT2D eigenvalue weighted by Gasteiger charge is 2.08. The molecule has 0 bridgehead atoms. The van der Waals surface area contributed by atoms with E-state index in [1.54, 1.807) is 7.11 Å². The minimum Gasteiger partial charge on any atom is -0.497 e. The molecule has 0 aliphatic carbocycles. The van der Waals surface area contributed by atoms with E-state index in [0.717, 1.165) is 22.2 Å². The second-order valence-corrected chi connectivity index (χ2v) is 4.95. The van der Waals surface area contributed by atoms with E-state index in [4.69, 9.17) is 16.3 Å². The molecule has 3 rings (SSSR count). The van der Waals surface area contributed by atoms with Crippen LogP contribution >= 0.6 is 11.6 Å². The van der Waals surface area contributed by atoms with Crippen molar-refractivity contribution in [3.05, 3.63) is 53.2 Å². The van der Waals surface area contributed by atoms with E-state index in [1.165, 1.54) is 5.56 Å². The van der Waals surface area contributed by atoms with Gasteiger partial charge in [-0.1, -0.05) is 41.4 Å². The van der Waals surface area contributed by atoms with E-state index in [9.17, 15) is 0 Å². The van der Waals surface area contributed by atoms with Crippen LogP contribution in [0.3, 0.4) is 0 Å². The van der Waals surface area contributed by atoms with Crippen LogP contribution in [0.4, 0.5) is 0 Å². The zero-order valence-corrected chi connectivity index (χ0v) is 12.0. The molecule has 1 aromatic heterocycles. The van der Waals surface area contributed by atoms with E-state index in [-0.39, 0.29) is 0 Å². The zero-order valence-electron chi connectivity index (χ0n) is 11.2. The number of aromatic nitrogens is 2. The molecule has 0 saturated carbocycles. The molecule has 100 valence electrons. The number of ether oxygens (including phenoxy) is 1. The highest BCUT2D eigenvalue weighted by atomic mass is 35.5. The summed E-state index contributed by atoms with van der Waals surface area (Å²) in [5, 5.41) is 1.27. The summed E-state index contributed by atoms with van der Waals surface area (Å²) in [6.45, 7) is 2.04. The number of fused-ring (bicyclic) bond motifs is 1. The molecule has 0 aliphatic heterocycles. The third kappa shape index (κ3) is 2.32. The standard InChI is InChI=1S/C16H13ClN2O/c1-10-3-5-11(6-4-10)16-18-14-9-12(20-2)7-8-13(14)15(17)19-16/h3-9H,1-2H3. The predicted molar refractivity (Wildman–Crippen MR) is 81.3 cm³/mol. The highest BCUT2D eigenvalue weighted by Crippen LogP contribution is 2.27. The summed E-state index contributed by atoms with van der Waals surface area (Å²) < 4.78 is 5.22. The summed E-state index contributed by atoms with van der Waals surface area (Å²) in [6.07, 6.45) is 0. The minimum atomic E-state index is 0.452. The van der Waals surface area contributed by atoms with E-state index in [1.807, 2.05) is 49.4 Å². The third-order valence-corrected chi connectivity index (χ3v) is 3.46. The Morgan fingerprint density at radius 2 is 1.75 bits per heavy atom. The first-order valence-electron chi connectivity index (χ1n) is 6.26. The number of hydrogen-bond donors (Lipinski definition) is 0. The molecule has 0 fully saturated rings. The van der Waals surface area contributed by atoms with Gasteiger partial charge >= 0.3 is 0 Å². The van der Waals surface area contributed by atoms with Crippen molar-refractivity contribution in [3.8, 4) is 17.1 Å². The lowest BCUT2D eigenvalue weighted by molar-refractivity contribution is 0.415. The molecule has 0 aliphatic rings. The molecule has 0 unspecified atom stereocenters. The first-order valence-corrected chi connectivity index (χ1v) is 6.63. The molecule has 0 amide bonds. The highest BCUT2D eigenvalue weighted by molar-refractivity contribution is 6.34. The second kappa shape index (κ2) is 5.10. The largest absolute Gasteiger partial charge is 0.497 e. The average molecular weight is 285 g/mol. The number of aryl methyl sites for hydroxylation is 1. The molecule has 2 aromatic carbocycles. The smallest absolute Gasteiger partial charge is 0.161 e. The van der Waals surface area contributed by atoms with Gasteiger partial charge in [0.05, 0.1) is 12.6 Å². The number of halogens is 1. The van der Waals surface area contributed by atoms with Crippen molar-refractivity contribution in [1.29, 1.82) is 0 Å². The van der Waals surface area contributed by atoms with Gasteiger partial charge in [-0.3, -0.25) is 0 Å². The van der Waals surface area contributed by atoms with Gasteiger partial charge in [0.2, 0.25) is 0 Å². The number of nitrogens with zero attached hydrogens (tertiary/aromatic N) is 2. The maximum absolute atomic E-state index is 6.25. The topological polar surface area (TPSA) is 35.0 Å². The number of rotatable bonds is 2. The van der Waals surface area contributed by atoms with Crippen molar-refractivity contribution in [2.24, 2.45) is 0 Å². The quantitative estimate of drug-likeness (QED) is 0.659. The van der Waals surface area contributed by atoms with Gasteiger partial charge in [0.25, 0.3) is 0 Å². The van der Waals surface area contributed by atoms with Crippen LogP contribution in [-0.4, -0.2) is 17.1 Å². The third-order valence-electron chi connectivity index (χ3n) is 3.17. The lowest BCUT2D eigenvalue weighted by Crippen LogP contribution is -1.93. The van der Waals surface area contributed by atoms with Gasteiger partial charge in [0, 0.05) is 17.0 Å². The van der Waals surface area contributed by atoms with Gasteiger partial charge in [0.15, 0.2) is 5.82 Å². The number of hydrogen-bond acceptors (Lipinski definition) is 3. The lowest BCUT2D eigenvalue weighted by Gasteiger charge is -2.06. The molecule has 20 heavy (non-hydrogen) atoms. The fourth-order valence-corrected chi connectivity index (χ4v) is 2.27. The van der Waals surface area contributed by atoms with Crippen molar-refractivity contribution in [2.45, 2.75) is 6.92 Å². The number of benzene rings is 2. The van der Waals surface area contributed by atoms with Crippen LogP contribution in [0.2, 0.25) is 5.15 Å². The van der Waals surface area contributed by atoms with Crippen LogP contribution in [0, 0.1) is 6.92 Å². The lowest BCUT2D eigenvalue weighted by atomic mass is 10.1. The first kappa shape index (κ1) is 12.9. The average Bonchev–Trinajstić information content (AvgIpc) is 2.47. The molecule has 0 N–H and O–H groups in total. The summed E-state index contributed by atoms with van der Waals surface area (Å²) in [6, 6.07) is 13.6. The van der Waals surface area contributed by atoms with Crippen molar-refractivity contribution >= 4 is 22.5 Å². The molecule has 0 radical (unpaired) electrons. The van der Waals surface area contributed by atoms with Crippen molar-refractivity contribution < 1.29 is 4.74 Å². The van der Waals surface area contributed by atoms with Crippen LogP contribution in [-0.2, 0) is 0 Å². The summed E-state index contributed by atoms with van der Waals surface area (Å²) >= 11 is 6.25. The Kier molecular flexibility index (Phi) is 3.28. The molecular formula is C16H13ClN2O. The molecule has 0 saturated heterocycles. The van der Waals surface area contributed by atoms with E-state index < -0.39 is 0 Å². The summed E-state index contributed by atoms with van der Waals surface area (Å²) in [5.74, 6) is 1.37. The van der Waals surface area contributed by atoms with Crippen molar-refractivity contribution in [1.82, 2.24) is 9.97 Å². The predicted octanol–water partition coefficient (Wildman–Crippen LogP) is 4.27. The minimum absolute atomic E-state index is 0.452. The Bertz CT molecular complexity index is 769. The van der Waals surface area contributed by atoms with E-state index >= 15 is 0 Å². The maximum Gasteiger partial charge on any atom is 0.161 e. The molecule has 1 heterocycles. The molecule has 3 nitrogen and oxygen atoms in total. The number of methoxy groups -OCH3 is 1. The Morgan fingerprint density at radius 3 is 2.45 bits per heavy atom. The molecule has 0 atom stereocenters. The van der Waals surface area contributed by atoms with E-state index in [2.05, 4.69) is 9.97 Å². The van der Waals surface area contributed by atoms with Crippen molar-refractivity contribution in [3.63, 3.8) is 0 Å². The molecular weight excluding hydrogens is 272 g/mol. The summed E-state index contributed by atoms with van der Waals surface area (Å²) in [4.78, 5) is 8.94. The molecule has 4 heteroatoms. The van der Waals surface area contributed by atoms with Gasteiger partial charge in [-0.15, -0.1) is 0 Å². The van der Waals surface area contributed by atoms with Gasteiger partial charge in [0.1, 0.15) is 10.9 Å². The summed E-state index contributed by atoms with van der Waals surface area (Å²) in [5.41, 5.74) is 2.92. The van der Waals surface area contributed by atoms with Crippen LogP contribution in [0.15, 0.2) is 42.5 Å².